The zero-order chi connectivity index (χ0) is 8.97. The second-order valence-electron chi connectivity index (χ2n) is 2.41. The van der Waals surface area contributed by atoms with Crippen LogP contribution in [0.1, 0.15) is 15.9 Å². The van der Waals surface area contributed by atoms with Crippen LogP contribution in [0.5, 0.6) is 0 Å². The molecule has 0 aliphatic heterocycles. The van der Waals surface area contributed by atoms with E-state index in [1.807, 2.05) is 12.1 Å². The lowest BCUT2D eigenvalue weighted by Crippen LogP contribution is -2.17. The Kier molecular flexibility index (Phi) is 2.64. The summed E-state index contributed by atoms with van der Waals surface area (Å²) in [4.78, 5) is 11.1. The maximum absolute atomic E-state index is 11.1. The number of carbonyl (C=O) groups excluding carboxylic acids is 1. The molecule has 0 saturated heterocycles. The van der Waals surface area contributed by atoms with Crippen molar-refractivity contribution in [3.05, 3.63) is 42.0 Å². The van der Waals surface area contributed by atoms with Crippen LogP contribution in [0.4, 0.5) is 0 Å². The molecule has 1 rings (SSSR count). The summed E-state index contributed by atoms with van der Waals surface area (Å²) >= 11 is 0. The van der Waals surface area contributed by atoms with Gasteiger partial charge in [-0.05, 0) is 17.7 Å². The SMILES string of the molecule is C=Cc1cccc(C(=O)NC)c1. The smallest absolute Gasteiger partial charge is 0.251 e. The molecule has 62 valence electrons. The van der Waals surface area contributed by atoms with Crippen LogP contribution in [0.2, 0.25) is 0 Å². The molecule has 0 aliphatic carbocycles. The van der Waals surface area contributed by atoms with Crippen LogP contribution in [0.3, 0.4) is 0 Å². The van der Waals surface area contributed by atoms with E-state index in [9.17, 15) is 4.79 Å². The second-order valence-corrected chi connectivity index (χ2v) is 2.41. The van der Waals surface area contributed by atoms with E-state index in [1.165, 1.54) is 0 Å². The van der Waals surface area contributed by atoms with Gasteiger partial charge in [0.2, 0.25) is 0 Å². The summed E-state index contributed by atoms with van der Waals surface area (Å²) in [6.45, 7) is 3.63. The van der Waals surface area contributed by atoms with Crippen molar-refractivity contribution in [2.75, 3.05) is 7.05 Å². The Labute approximate surface area is 71.9 Å². The van der Waals surface area contributed by atoms with Crippen molar-refractivity contribution in [3.63, 3.8) is 0 Å². The average Bonchev–Trinajstić information content (AvgIpc) is 2.17. The van der Waals surface area contributed by atoms with Gasteiger partial charge in [-0.25, -0.2) is 0 Å². The van der Waals surface area contributed by atoms with Crippen molar-refractivity contribution in [2.24, 2.45) is 0 Å². The van der Waals surface area contributed by atoms with E-state index in [2.05, 4.69) is 11.9 Å². The lowest BCUT2D eigenvalue weighted by molar-refractivity contribution is 0.0963. The van der Waals surface area contributed by atoms with Crippen LogP contribution in [0, 0.1) is 0 Å². The van der Waals surface area contributed by atoms with Gasteiger partial charge in [-0.15, -0.1) is 0 Å². The molecule has 0 unspecified atom stereocenters. The summed E-state index contributed by atoms with van der Waals surface area (Å²) < 4.78 is 0. The van der Waals surface area contributed by atoms with Crippen molar-refractivity contribution in [1.82, 2.24) is 5.32 Å². The van der Waals surface area contributed by atoms with Gasteiger partial charge >= 0.3 is 0 Å². The number of nitrogens with one attached hydrogen (secondary N) is 1. The molecule has 0 heterocycles. The highest BCUT2D eigenvalue weighted by molar-refractivity contribution is 5.94. The van der Waals surface area contributed by atoms with Gasteiger partial charge in [-0.3, -0.25) is 4.79 Å². The third-order valence-electron chi connectivity index (χ3n) is 1.61. The van der Waals surface area contributed by atoms with E-state index in [-0.39, 0.29) is 5.91 Å². The van der Waals surface area contributed by atoms with Crippen molar-refractivity contribution in [3.8, 4) is 0 Å². The molecule has 0 atom stereocenters. The van der Waals surface area contributed by atoms with Crippen molar-refractivity contribution < 1.29 is 4.79 Å². The predicted molar refractivity (Wildman–Crippen MR) is 49.9 cm³/mol. The fraction of sp³-hybridized carbons (Fsp3) is 0.100. The molecule has 0 radical (unpaired) electrons. The Bertz CT molecular complexity index is 304. The minimum absolute atomic E-state index is 0.0706. The van der Waals surface area contributed by atoms with Crippen LogP contribution >= 0.6 is 0 Å². The largest absolute Gasteiger partial charge is 0.355 e. The van der Waals surface area contributed by atoms with Gasteiger partial charge in [0.25, 0.3) is 5.91 Å². The zero-order valence-corrected chi connectivity index (χ0v) is 7.00. The van der Waals surface area contributed by atoms with Gasteiger partial charge < -0.3 is 5.32 Å². The number of hydrogen-bond donors (Lipinski definition) is 1. The number of amides is 1. The zero-order valence-electron chi connectivity index (χ0n) is 7.00. The standard InChI is InChI=1S/C10H11NO/c1-3-8-5-4-6-9(7-8)10(12)11-2/h3-7H,1H2,2H3,(H,11,12). The number of rotatable bonds is 2. The summed E-state index contributed by atoms with van der Waals surface area (Å²) in [5.41, 5.74) is 1.62. The first-order valence-electron chi connectivity index (χ1n) is 3.72. The normalized spacial score (nSPS) is 9.08. The van der Waals surface area contributed by atoms with E-state index in [1.54, 1.807) is 25.3 Å². The maximum Gasteiger partial charge on any atom is 0.251 e. The maximum atomic E-state index is 11.1. The first kappa shape index (κ1) is 8.53. The highest BCUT2D eigenvalue weighted by atomic mass is 16.1. The molecule has 1 N–H and O–H groups in total. The highest BCUT2D eigenvalue weighted by Gasteiger charge is 2.00. The molecule has 1 amide bonds. The molecule has 0 bridgehead atoms. The lowest BCUT2D eigenvalue weighted by Gasteiger charge is -1.99. The number of carbonyl (C=O) groups is 1. The second kappa shape index (κ2) is 3.72. The summed E-state index contributed by atoms with van der Waals surface area (Å²) in [7, 11) is 1.61. The summed E-state index contributed by atoms with van der Waals surface area (Å²) in [6.07, 6.45) is 1.71. The van der Waals surface area contributed by atoms with Crippen molar-refractivity contribution in [2.45, 2.75) is 0 Å². The van der Waals surface area contributed by atoms with Gasteiger partial charge in [0.15, 0.2) is 0 Å². The summed E-state index contributed by atoms with van der Waals surface area (Å²) in [5, 5.41) is 2.56. The van der Waals surface area contributed by atoms with Crippen molar-refractivity contribution in [1.29, 1.82) is 0 Å². The predicted octanol–water partition coefficient (Wildman–Crippen LogP) is 1.69. The molecule has 2 nitrogen and oxygen atoms in total. The minimum Gasteiger partial charge on any atom is -0.355 e. The first-order chi connectivity index (χ1) is 5.77. The monoisotopic (exact) mass is 161 g/mol. The molecule has 0 aliphatic rings. The van der Waals surface area contributed by atoms with Crippen LogP contribution in [-0.4, -0.2) is 13.0 Å². The van der Waals surface area contributed by atoms with Crippen LogP contribution in [0.15, 0.2) is 30.8 Å². The summed E-state index contributed by atoms with van der Waals surface area (Å²) in [6, 6.07) is 7.30. The molecule has 1 aromatic rings. The Hall–Kier alpha value is -1.57. The van der Waals surface area contributed by atoms with Gasteiger partial charge in [0, 0.05) is 12.6 Å². The minimum atomic E-state index is -0.0706. The summed E-state index contributed by atoms with van der Waals surface area (Å²) in [5.74, 6) is -0.0706. The first-order valence-corrected chi connectivity index (χ1v) is 3.72. The molecule has 1 aromatic carbocycles. The fourth-order valence-electron chi connectivity index (χ4n) is 0.951. The topological polar surface area (TPSA) is 29.1 Å². The van der Waals surface area contributed by atoms with Gasteiger partial charge in [0.05, 0.1) is 0 Å². The van der Waals surface area contributed by atoms with Gasteiger partial charge in [-0.1, -0.05) is 24.8 Å². The Morgan fingerprint density at radius 2 is 2.33 bits per heavy atom. The van der Waals surface area contributed by atoms with Crippen LogP contribution in [-0.2, 0) is 0 Å². The molecule has 0 fully saturated rings. The molecular weight excluding hydrogens is 150 g/mol. The van der Waals surface area contributed by atoms with E-state index < -0.39 is 0 Å². The van der Waals surface area contributed by atoms with Crippen LogP contribution in [0.25, 0.3) is 6.08 Å². The van der Waals surface area contributed by atoms with E-state index >= 15 is 0 Å². The molecular formula is C10H11NO. The Balaban J connectivity index is 3.01. The van der Waals surface area contributed by atoms with E-state index in [0.29, 0.717) is 5.56 Å². The fourth-order valence-corrected chi connectivity index (χ4v) is 0.951. The van der Waals surface area contributed by atoms with E-state index in [4.69, 9.17) is 0 Å². The average molecular weight is 161 g/mol. The van der Waals surface area contributed by atoms with Crippen molar-refractivity contribution >= 4 is 12.0 Å². The Morgan fingerprint density at radius 3 is 2.92 bits per heavy atom. The van der Waals surface area contributed by atoms with Gasteiger partial charge in [-0.2, -0.15) is 0 Å². The number of hydrogen-bond acceptors (Lipinski definition) is 1. The molecule has 0 aromatic heterocycles. The lowest BCUT2D eigenvalue weighted by atomic mass is 10.1. The third-order valence-corrected chi connectivity index (χ3v) is 1.61. The molecule has 2 heteroatoms. The van der Waals surface area contributed by atoms with E-state index in [0.717, 1.165) is 5.56 Å². The van der Waals surface area contributed by atoms with Crippen LogP contribution < -0.4 is 5.32 Å². The molecule has 0 saturated carbocycles. The molecule has 0 spiro atoms. The quantitative estimate of drug-likeness (QED) is 0.702. The Morgan fingerprint density at radius 1 is 1.58 bits per heavy atom. The molecule has 12 heavy (non-hydrogen) atoms. The number of benzene rings is 1. The van der Waals surface area contributed by atoms with Gasteiger partial charge in [0.1, 0.15) is 0 Å². The highest BCUT2D eigenvalue weighted by Crippen LogP contribution is 2.05. The third kappa shape index (κ3) is 1.72.